The molecule has 0 saturated carbocycles. The SMILES string of the molecule is CCN(CC(=O)Nc1ccc(F)cc1F)S(=O)(=O)c1ccc(Br)cc1. The fourth-order valence-corrected chi connectivity index (χ4v) is 3.73. The van der Waals surface area contributed by atoms with E-state index in [1.165, 1.54) is 12.1 Å². The molecule has 0 heterocycles. The molecule has 1 N–H and O–H groups in total. The third-order valence-electron chi connectivity index (χ3n) is 3.33. The summed E-state index contributed by atoms with van der Waals surface area (Å²) in [5.74, 6) is -2.44. The van der Waals surface area contributed by atoms with Gasteiger partial charge >= 0.3 is 0 Å². The molecule has 0 aliphatic carbocycles. The van der Waals surface area contributed by atoms with Gasteiger partial charge in [0.25, 0.3) is 0 Å². The standard InChI is InChI=1S/C16H15BrF2N2O3S/c1-2-21(25(23,24)13-6-3-11(17)4-7-13)10-16(22)20-15-8-5-12(18)9-14(15)19/h3-9H,2,10H2,1H3,(H,20,22). The summed E-state index contributed by atoms with van der Waals surface area (Å²) in [4.78, 5) is 12.1. The van der Waals surface area contributed by atoms with Crippen molar-refractivity contribution in [2.45, 2.75) is 11.8 Å². The summed E-state index contributed by atoms with van der Waals surface area (Å²) < 4.78 is 53.3. The number of nitrogens with zero attached hydrogens (tertiary/aromatic N) is 1. The molecule has 134 valence electrons. The van der Waals surface area contributed by atoms with Crippen LogP contribution < -0.4 is 5.32 Å². The van der Waals surface area contributed by atoms with Gasteiger partial charge in [-0.05, 0) is 36.4 Å². The summed E-state index contributed by atoms with van der Waals surface area (Å²) in [5, 5.41) is 2.24. The van der Waals surface area contributed by atoms with Crippen molar-refractivity contribution < 1.29 is 22.0 Å². The van der Waals surface area contributed by atoms with Crippen molar-refractivity contribution in [3.05, 3.63) is 58.6 Å². The van der Waals surface area contributed by atoms with Crippen molar-refractivity contribution in [3.63, 3.8) is 0 Å². The van der Waals surface area contributed by atoms with Gasteiger partial charge in [0.15, 0.2) is 0 Å². The molecule has 0 spiro atoms. The predicted octanol–water partition coefficient (Wildman–Crippen LogP) is 3.38. The minimum absolute atomic E-state index is 0.0401. The molecule has 2 aromatic rings. The molecule has 2 rings (SSSR count). The van der Waals surface area contributed by atoms with Gasteiger partial charge < -0.3 is 5.32 Å². The maximum atomic E-state index is 13.6. The van der Waals surface area contributed by atoms with E-state index in [0.717, 1.165) is 20.9 Å². The van der Waals surface area contributed by atoms with E-state index in [0.29, 0.717) is 6.07 Å². The van der Waals surface area contributed by atoms with Crippen molar-refractivity contribution >= 4 is 37.5 Å². The molecular formula is C16H15BrF2N2O3S. The van der Waals surface area contributed by atoms with Crippen LogP contribution in [0.3, 0.4) is 0 Å². The molecule has 0 radical (unpaired) electrons. The fourth-order valence-electron chi connectivity index (χ4n) is 2.06. The molecule has 0 saturated heterocycles. The van der Waals surface area contributed by atoms with Crippen molar-refractivity contribution in [2.75, 3.05) is 18.4 Å². The Kier molecular flexibility index (Phi) is 6.26. The van der Waals surface area contributed by atoms with E-state index >= 15 is 0 Å². The lowest BCUT2D eigenvalue weighted by molar-refractivity contribution is -0.116. The zero-order valence-corrected chi connectivity index (χ0v) is 15.6. The average Bonchev–Trinajstić information content (AvgIpc) is 2.55. The van der Waals surface area contributed by atoms with Crippen LogP contribution in [0.2, 0.25) is 0 Å². The summed E-state index contributed by atoms with van der Waals surface area (Å²) in [6.07, 6.45) is 0. The molecule has 0 unspecified atom stereocenters. The Labute approximate surface area is 152 Å². The number of carbonyl (C=O) groups excluding carboxylic acids is 1. The van der Waals surface area contributed by atoms with Crippen LogP contribution in [0.15, 0.2) is 51.8 Å². The third kappa shape index (κ3) is 4.83. The highest BCUT2D eigenvalue weighted by Gasteiger charge is 2.25. The Morgan fingerprint density at radius 3 is 2.36 bits per heavy atom. The van der Waals surface area contributed by atoms with Crippen LogP contribution in [-0.2, 0) is 14.8 Å². The summed E-state index contributed by atoms with van der Waals surface area (Å²) >= 11 is 3.22. The Morgan fingerprint density at radius 1 is 1.16 bits per heavy atom. The molecule has 2 aromatic carbocycles. The number of nitrogens with one attached hydrogen (secondary N) is 1. The Hall–Kier alpha value is -1.84. The molecule has 0 aliphatic rings. The molecule has 9 heteroatoms. The van der Waals surface area contributed by atoms with Crippen LogP contribution in [0.5, 0.6) is 0 Å². The highest BCUT2D eigenvalue weighted by Crippen LogP contribution is 2.19. The monoisotopic (exact) mass is 432 g/mol. The molecule has 5 nitrogen and oxygen atoms in total. The van der Waals surface area contributed by atoms with Crippen molar-refractivity contribution in [1.82, 2.24) is 4.31 Å². The predicted molar refractivity (Wildman–Crippen MR) is 93.6 cm³/mol. The van der Waals surface area contributed by atoms with E-state index in [4.69, 9.17) is 0 Å². The number of halogens is 3. The molecule has 1 amide bonds. The lowest BCUT2D eigenvalue weighted by Gasteiger charge is -2.20. The zero-order chi connectivity index (χ0) is 18.6. The minimum atomic E-state index is -3.87. The average molecular weight is 433 g/mol. The summed E-state index contributed by atoms with van der Waals surface area (Å²) in [6, 6.07) is 8.69. The summed E-state index contributed by atoms with van der Waals surface area (Å²) in [5.41, 5.74) is -0.219. The number of benzene rings is 2. The van der Waals surface area contributed by atoms with Crippen LogP contribution in [0, 0.1) is 11.6 Å². The quantitative estimate of drug-likeness (QED) is 0.760. The fraction of sp³-hybridized carbons (Fsp3) is 0.188. The summed E-state index contributed by atoms with van der Waals surface area (Å²) in [7, 11) is -3.87. The van der Waals surface area contributed by atoms with Gasteiger partial charge in [0.05, 0.1) is 17.1 Å². The number of hydrogen-bond acceptors (Lipinski definition) is 3. The largest absolute Gasteiger partial charge is 0.322 e. The Balaban J connectivity index is 2.15. The van der Waals surface area contributed by atoms with Crippen LogP contribution >= 0.6 is 15.9 Å². The van der Waals surface area contributed by atoms with Gasteiger partial charge in [0.1, 0.15) is 11.6 Å². The first kappa shape index (κ1) is 19.5. The van der Waals surface area contributed by atoms with Gasteiger partial charge in [-0.25, -0.2) is 17.2 Å². The topological polar surface area (TPSA) is 66.5 Å². The van der Waals surface area contributed by atoms with Gasteiger partial charge in [0, 0.05) is 17.1 Å². The first-order valence-electron chi connectivity index (χ1n) is 7.24. The Morgan fingerprint density at radius 2 is 1.80 bits per heavy atom. The molecule has 0 fully saturated rings. The lowest BCUT2D eigenvalue weighted by atomic mass is 10.3. The molecule has 0 aromatic heterocycles. The maximum Gasteiger partial charge on any atom is 0.243 e. The van der Waals surface area contributed by atoms with Crippen LogP contribution in [0.1, 0.15) is 6.92 Å². The second kappa shape index (κ2) is 8.03. The smallest absolute Gasteiger partial charge is 0.243 e. The number of rotatable bonds is 6. The summed E-state index contributed by atoms with van der Waals surface area (Å²) in [6.45, 7) is 1.14. The van der Waals surface area contributed by atoms with Crippen molar-refractivity contribution in [3.8, 4) is 0 Å². The zero-order valence-electron chi connectivity index (χ0n) is 13.2. The number of sulfonamides is 1. The van der Waals surface area contributed by atoms with Gasteiger partial charge in [-0.2, -0.15) is 4.31 Å². The molecule has 0 aliphatic heterocycles. The van der Waals surface area contributed by atoms with Crippen molar-refractivity contribution in [2.24, 2.45) is 0 Å². The lowest BCUT2D eigenvalue weighted by Crippen LogP contribution is -2.37. The van der Waals surface area contributed by atoms with Crippen LogP contribution in [-0.4, -0.2) is 31.7 Å². The van der Waals surface area contributed by atoms with E-state index in [1.807, 2.05) is 0 Å². The maximum absolute atomic E-state index is 13.6. The molecule has 25 heavy (non-hydrogen) atoms. The first-order chi connectivity index (χ1) is 11.7. The number of likely N-dealkylation sites (N-methyl/N-ethyl adjacent to an activating group) is 1. The van der Waals surface area contributed by atoms with E-state index < -0.39 is 34.1 Å². The first-order valence-corrected chi connectivity index (χ1v) is 9.48. The molecular weight excluding hydrogens is 418 g/mol. The van der Waals surface area contributed by atoms with E-state index in [1.54, 1.807) is 19.1 Å². The van der Waals surface area contributed by atoms with Crippen molar-refractivity contribution in [1.29, 1.82) is 0 Å². The van der Waals surface area contributed by atoms with Crippen LogP contribution in [0.4, 0.5) is 14.5 Å². The number of amides is 1. The highest BCUT2D eigenvalue weighted by atomic mass is 79.9. The van der Waals surface area contributed by atoms with E-state index in [-0.39, 0.29) is 17.1 Å². The van der Waals surface area contributed by atoms with Gasteiger partial charge in [0.2, 0.25) is 15.9 Å². The van der Waals surface area contributed by atoms with E-state index in [2.05, 4.69) is 21.2 Å². The van der Waals surface area contributed by atoms with E-state index in [9.17, 15) is 22.0 Å². The number of anilines is 1. The van der Waals surface area contributed by atoms with Gasteiger partial charge in [-0.15, -0.1) is 0 Å². The molecule has 0 atom stereocenters. The molecule has 0 bridgehead atoms. The number of carbonyl (C=O) groups is 1. The highest BCUT2D eigenvalue weighted by molar-refractivity contribution is 9.10. The third-order valence-corrected chi connectivity index (χ3v) is 5.79. The van der Waals surface area contributed by atoms with Crippen LogP contribution in [0.25, 0.3) is 0 Å². The number of hydrogen-bond donors (Lipinski definition) is 1. The second-order valence-corrected chi connectivity index (χ2v) is 7.91. The second-order valence-electron chi connectivity index (χ2n) is 5.06. The minimum Gasteiger partial charge on any atom is -0.322 e. The van der Waals surface area contributed by atoms with Gasteiger partial charge in [-0.3, -0.25) is 4.79 Å². The normalized spacial score (nSPS) is 11.6. The van der Waals surface area contributed by atoms with Gasteiger partial charge in [-0.1, -0.05) is 22.9 Å². The Bertz CT molecular complexity index is 873.